The van der Waals surface area contributed by atoms with Crippen molar-refractivity contribution < 1.29 is 23.9 Å². The lowest BCUT2D eigenvalue weighted by atomic mass is 10.1. The lowest BCUT2D eigenvalue weighted by Crippen LogP contribution is -2.30. The summed E-state index contributed by atoms with van der Waals surface area (Å²) in [6.07, 6.45) is 0.131. The maximum absolute atomic E-state index is 12.6. The van der Waals surface area contributed by atoms with Gasteiger partial charge in [0.2, 0.25) is 11.8 Å². The molecule has 1 fully saturated rings. The van der Waals surface area contributed by atoms with E-state index in [1.807, 2.05) is 24.3 Å². The van der Waals surface area contributed by atoms with E-state index in [2.05, 4.69) is 31.3 Å². The van der Waals surface area contributed by atoms with Crippen LogP contribution < -0.4 is 15.5 Å². The highest BCUT2D eigenvalue weighted by molar-refractivity contribution is 9.10. The van der Waals surface area contributed by atoms with Gasteiger partial charge in [0.15, 0.2) is 0 Å². The molecule has 2 N–H and O–H groups in total. The molecule has 3 rings (SSSR count). The fourth-order valence-corrected chi connectivity index (χ4v) is 3.44. The monoisotopic (exact) mass is 473 g/mol. The first-order valence-electron chi connectivity index (χ1n) is 9.19. The largest absolute Gasteiger partial charge is 0.468 e. The van der Waals surface area contributed by atoms with Gasteiger partial charge in [-0.1, -0.05) is 22.0 Å². The van der Waals surface area contributed by atoms with Crippen molar-refractivity contribution in [2.45, 2.75) is 6.42 Å². The minimum Gasteiger partial charge on any atom is -0.468 e. The zero-order valence-corrected chi connectivity index (χ0v) is 17.8. The SMILES string of the molecule is COC(=O)CNC(=O)c1ccc(NC(=O)C2CC(=O)N(c3cccc(Br)c3)C2)cc1. The number of esters is 1. The van der Waals surface area contributed by atoms with E-state index in [4.69, 9.17) is 0 Å². The molecule has 1 heterocycles. The Morgan fingerprint density at radius 2 is 1.90 bits per heavy atom. The van der Waals surface area contributed by atoms with E-state index in [9.17, 15) is 19.2 Å². The van der Waals surface area contributed by atoms with Crippen molar-refractivity contribution in [2.24, 2.45) is 5.92 Å². The molecule has 0 saturated carbocycles. The van der Waals surface area contributed by atoms with Crippen molar-refractivity contribution in [3.05, 3.63) is 58.6 Å². The van der Waals surface area contributed by atoms with Gasteiger partial charge in [-0.25, -0.2) is 0 Å². The summed E-state index contributed by atoms with van der Waals surface area (Å²) < 4.78 is 5.32. The maximum Gasteiger partial charge on any atom is 0.325 e. The van der Waals surface area contributed by atoms with Gasteiger partial charge < -0.3 is 20.3 Å². The highest BCUT2D eigenvalue weighted by Gasteiger charge is 2.35. The van der Waals surface area contributed by atoms with Crippen molar-refractivity contribution in [2.75, 3.05) is 30.4 Å². The number of carbonyl (C=O) groups is 4. The molecule has 2 aromatic rings. The number of nitrogens with zero attached hydrogens (tertiary/aromatic N) is 1. The quantitative estimate of drug-likeness (QED) is 0.626. The van der Waals surface area contributed by atoms with Gasteiger partial charge in [-0.2, -0.15) is 0 Å². The average molecular weight is 474 g/mol. The molecule has 156 valence electrons. The predicted octanol–water partition coefficient (Wildman–Crippen LogP) is 2.34. The van der Waals surface area contributed by atoms with Gasteiger partial charge in [0.1, 0.15) is 6.54 Å². The number of methoxy groups -OCH3 is 1. The minimum absolute atomic E-state index is 0.106. The van der Waals surface area contributed by atoms with Crippen LogP contribution in [0, 0.1) is 5.92 Å². The number of benzene rings is 2. The fraction of sp³-hybridized carbons (Fsp3) is 0.238. The molecule has 1 atom stereocenters. The van der Waals surface area contributed by atoms with Crippen LogP contribution in [0.2, 0.25) is 0 Å². The Morgan fingerprint density at radius 3 is 2.57 bits per heavy atom. The van der Waals surface area contributed by atoms with Gasteiger partial charge >= 0.3 is 5.97 Å². The zero-order valence-electron chi connectivity index (χ0n) is 16.2. The van der Waals surface area contributed by atoms with Crippen LogP contribution in [0.3, 0.4) is 0 Å². The lowest BCUT2D eigenvalue weighted by molar-refractivity contribution is -0.139. The summed E-state index contributed by atoms with van der Waals surface area (Å²) in [6.45, 7) is 0.0765. The van der Waals surface area contributed by atoms with E-state index in [1.54, 1.807) is 17.0 Å². The number of ether oxygens (including phenoxy) is 1. The van der Waals surface area contributed by atoms with E-state index in [-0.39, 0.29) is 24.8 Å². The number of rotatable bonds is 6. The van der Waals surface area contributed by atoms with Gasteiger partial charge in [0, 0.05) is 34.4 Å². The molecule has 0 bridgehead atoms. The lowest BCUT2D eigenvalue weighted by Gasteiger charge is -2.17. The van der Waals surface area contributed by atoms with Crippen molar-refractivity contribution in [3.63, 3.8) is 0 Å². The van der Waals surface area contributed by atoms with Crippen LogP contribution in [-0.2, 0) is 19.1 Å². The van der Waals surface area contributed by atoms with Crippen molar-refractivity contribution >= 4 is 51.0 Å². The molecule has 0 aromatic heterocycles. The standard InChI is InChI=1S/C21H20BrN3O5/c1-30-19(27)11-23-20(28)13-5-7-16(8-6-13)24-21(29)14-9-18(26)25(12-14)17-4-2-3-15(22)10-17/h2-8,10,14H,9,11-12H2,1H3,(H,23,28)(H,24,29). The molecule has 0 radical (unpaired) electrons. The van der Waals surface area contributed by atoms with Crippen LogP contribution >= 0.6 is 15.9 Å². The van der Waals surface area contributed by atoms with Crippen LogP contribution in [0.1, 0.15) is 16.8 Å². The first kappa shape index (κ1) is 21.5. The Balaban J connectivity index is 1.58. The van der Waals surface area contributed by atoms with Gasteiger partial charge in [-0.15, -0.1) is 0 Å². The van der Waals surface area contributed by atoms with E-state index in [0.29, 0.717) is 17.8 Å². The summed E-state index contributed by atoms with van der Waals surface area (Å²) in [6, 6.07) is 13.6. The molecule has 1 aliphatic heterocycles. The molecule has 1 unspecified atom stereocenters. The molecule has 8 nitrogen and oxygen atoms in total. The van der Waals surface area contributed by atoms with Crippen molar-refractivity contribution in [1.82, 2.24) is 5.32 Å². The van der Waals surface area contributed by atoms with Gasteiger partial charge in [-0.05, 0) is 42.5 Å². The highest BCUT2D eigenvalue weighted by atomic mass is 79.9. The molecule has 9 heteroatoms. The topological polar surface area (TPSA) is 105 Å². The second-order valence-electron chi connectivity index (χ2n) is 6.71. The van der Waals surface area contributed by atoms with Crippen LogP contribution in [0.5, 0.6) is 0 Å². The summed E-state index contributed by atoms with van der Waals surface area (Å²) in [5.41, 5.74) is 1.60. The molecule has 1 aliphatic rings. The molecule has 1 saturated heterocycles. The van der Waals surface area contributed by atoms with Gasteiger partial charge in [0.25, 0.3) is 5.91 Å². The number of nitrogens with one attached hydrogen (secondary N) is 2. The summed E-state index contributed by atoms with van der Waals surface area (Å²) in [4.78, 5) is 49.6. The summed E-state index contributed by atoms with van der Waals surface area (Å²) in [7, 11) is 1.24. The third kappa shape index (κ3) is 5.24. The Bertz CT molecular complexity index is 977. The third-order valence-electron chi connectivity index (χ3n) is 4.65. The maximum atomic E-state index is 12.6. The smallest absolute Gasteiger partial charge is 0.325 e. The predicted molar refractivity (Wildman–Crippen MR) is 114 cm³/mol. The Hall–Kier alpha value is -3.20. The second-order valence-corrected chi connectivity index (χ2v) is 7.63. The van der Waals surface area contributed by atoms with Gasteiger partial charge in [-0.3, -0.25) is 19.2 Å². The van der Waals surface area contributed by atoms with Crippen LogP contribution in [0.4, 0.5) is 11.4 Å². The summed E-state index contributed by atoms with van der Waals surface area (Å²) in [5, 5.41) is 5.22. The van der Waals surface area contributed by atoms with Crippen LogP contribution in [-0.4, -0.2) is 43.9 Å². The van der Waals surface area contributed by atoms with Crippen molar-refractivity contribution in [1.29, 1.82) is 0 Å². The van der Waals surface area contributed by atoms with Gasteiger partial charge in [0.05, 0.1) is 13.0 Å². The number of carbonyl (C=O) groups excluding carboxylic acids is 4. The second kappa shape index (κ2) is 9.53. The first-order valence-corrected chi connectivity index (χ1v) is 9.98. The molecule has 0 spiro atoms. The zero-order chi connectivity index (χ0) is 21.7. The highest BCUT2D eigenvalue weighted by Crippen LogP contribution is 2.28. The Morgan fingerprint density at radius 1 is 1.17 bits per heavy atom. The van der Waals surface area contributed by atoms with E-state index in [1.165, 1.54) is 19.2 Å². The number of hydrogen-bond donors (Lipinski definition) is 2. The molecule has 30 heavy (non-hydrogen) atoms. The first-order chi connectivity index (χ1) is 14.4. The Labute approximate surface area is 181 Å². The number of amides is 3. The minimum atomic E-state index is -0.546. The molecule has 3 amide bonds. The van der Waals surface area contributed by atoms with Crippen LogP contribution in [0.15, 0.2) is 53.0 Å². The van der Waals surface area contributed by atoms with E-state index in [0.717, 1.165) is 10.2 Å². The molecule has 0 aliphatic carbocycles. The van der Waals surface area contributed by atoms with E-state index < -0.39 is 17.8 Å². The molecule has 2 aromatic carbocycles. The number of anilines is 2. The Kier molecular flexibility index (Phi) is 6.83. The summed E-state index contributed by atoms with van der Waals surface area (Å²) >= 11 is 3.39. The number of halogens is 1. The normalized spacial score (nSPS) is 15.6. The third-order valence-corrected chi connectivity index (χ3v) is 5.14. The summed E-state index contributed by atoms with van der Waals surface area (Å²) in [5.74, 6) is -1.81. The molecular formula is C21H20BrN3O5. The molecular weight excluding hydrogens is 454 g/mol. The van der Waals surface area contributed by atoms with Crippen LogP contribution in [0.25, 0.3) is 0 Å². The van der Waals surface area contributed by atoms with E-state index >= 15 is 0 Å². The fourth-order valence-electron chi connectivity index (χ4n) is 3.05. The number of hydrogen-bond acceptors (Lipinski definition) is 5. The average Bonchev–Trinajstić information content (AvgIpc) is 3.14. The van der Waals surface area contributed by atoms with Crippen molar-refractivity contribution in [3.8, 4) is 0 Å².